The van der Waals surface area contributed by atoms with E-state index in [2.05, 4.69) is 0 Å². The van der Waals surface area contributed by atoms with E-state index in [0.717, 1.165) is 6.26 Å². The summed E-state index contributed by atoms with van der Waals surface area (Å²) in [4.78, 5) is 24.2. The maximum Gasteiger partial charge on any atom is 0.339 e. The van der Waals surface area contributed by atoms with Crippen LogP contribution in [0.3, 0.4) is 0 Å². The molecule has 0 unspecified atom stereocenters. The van der Waals surface area contributed by atoms with Gasteiger partial charge in [-0.25, -0.2) is 13.2 Å². The molecule has 104 valence electrons. The summed E-state index contributed by atoms with van der Waals surface area (Å²) in [6.07, 6.45) is 1.00. The molecule has 0 heterocycles. The van der Waals surface area contributed by atoms with E-state index in [1.165, 1.54) is 43.3 Å². The Hall–Kier alpha value is -1.89. The molecule has 0 saturated carbocycles. The summed E-state index contributed by atoms with van der Waals surface area (Å²) in [5.41, 5.74) is -0.0726. The van der Waals surface area contributed by atoms with Gasteiger partial charge in [-0.15, -0.1) is 0 Å². The predicted molar refractivity (Wildman–Crippen MR) is 68.5 cm³/mol. The first-order valence-corrected chi connectivity index (χ1v) is 7.29. The van der Waals surface area contributed by atoms with E-state index in [9.17, 15) is 18.0 Å². The van der Waals surface area contributed by atoms with Crippen LogP contribution >= 0.6 is 0 Å². The Labute approximate surface area is 111 Å². The van der Waals surface area contributed by atoms with Gasteiger partial charge >= 0.3 is 5.97 Å². The van der Waals surface area contributed by atoms with Crippen LogP contribution in [0.25, 0.3) is 0 Å². The normalized spacial score (nSPS) is 10.9. The molecule has 0 aromatic heterocycles. The highest BCUT2D eigenvalue weighted by Gasteiger charge is 2.20. The monoisotopic (exact) mass is 285 g/mol. The smallest absolute Gasteiger partial charge is 0.339 e. The Balaban J connectivity index is 2.93. The van der Waals surface area contributed by atoms with E-state index in [-0.39, 0.29) is 16.4 Å². The number of likely N-dealkylation sites (N-methyl/N-ethyl adjacent to an activating group) is 1. The van der Waals surface area contributed by atoms with Gasteiger partial charge in [0.1, 0.15) is 0 Å². The Morgan fingerprint density at radius 2 is 1.79 bits per heavy atom. The molecule has 0 spiro atoms. The van der Waals surface area contributed by atoms with E-state index < -0.39 is 22.4 Å². The third-order valence-electron chi connectivity index (χ3n) is 2.33. The highest BCUT2D eigenvalue weighted by atomic mass is 32.2. The molecule has 19 heavy (non-hydrogen) atoms. The molecule has 0 aliphatic carbocycles. The number of hydrogen-bond acceptors (Lipinski definition) is 5. The maximum atomic E-state index is 11.8. The fraction of sp³-hybridized carbons (Fsp3) is 0.333. The van der Waals surface area contributed by atoms with Crippen molar-refractivity contribution in [3.63, 3.8) is 0 Å². The number of carbonyl (C=O) groups excluding carboxylic acids is 2. The molecule has 0 bridgehead atoms. The lowest BCUT2D eigenvalue weighted by Crippen LogP contribution is -2.27. The molecule has 0 atom stereocenters. The molecule has 1 amide bonds. The van der Waals surface area contributed by atoms with E-state index in [1.807, 2.05) is 0 Å². The maximum absolute atomic E-state index is 11.8. The van der Waals surface area contributed by atoms with Gasteiger partial charge in [-0.1, -0.05) is 12.1 Å². The standard InChI is InChI=1S/C12H15NO5S/c1-13(2)11(14)8-18-12(15)9-6-4-5-7-10(9)19(3,16)17/h4-7H,8H2,1-3H3. The van der Waals surface area contributed by atoms with Crippen molar-refractivity contribution in [1.29, 1.82) is 0 Å². The van der Waals surface area contributed by atoms with Gasteiger partial charge in [-0.2, -0.15) is 0 Å². The van der Waals surface area contributed by atoms with Gasteiger partial charge in [0.2, 0.25) is 0 Å². The van der Waals surface area contributed by atoms with Gasteiger partial charge < -0.3 is 9.64 Å². The highest BCUT2D eigenvalue weighted by Crippen LogP contribution is 2.16. The van der Waals surface area contributed by atoms with Crippen molar-refractivity contribution in [2.45, 2.75) is 4.90 Å². The van der Waals surface area contributed by atoms with Crippen LogP contribution in [0.2, 0.25) is 0 Å². The molecule has 7 heteroatoms. The lowest BCUT2D eigenvalue weighted by atomic mass is 10.2. The number of nitrogens with zero attached hydrogens (tertiary/aromatic N) is 1. The highest BCUT2D eigenvalue weighted by molar-refractivity contribution is 7.90. The molecule has 6 nitrogen and oxygen atoms in total. The Bertz CT molecular complexity index is 592. The van der Waals surface area contributed by atoms with Crippen molar-refractivity contribution in [3.05, 3.63) is 29.8 Å². The minimum absolute atomic E-state index is 0.0726. The molecular weight excluding hydrogens is 270 g/mol. The second-order valence-electron chi connectivity index (χ2n) is 4.13. The Morgan fingerprint density at radius 1 is 1.21 bits per heavy atom. The van der Waals surface area contributed by atoms with E-state index in [4.69, 9.17) is 4.74 Å². The summed E-state index contributed by atoms with van der Waals surface area (Å²) in [5.74, 6) is -1.22. The van der Waals surface area contributed by atoms with Crippen molar-refractivity contribution in [3.8, 4) is 0 Å². The molecule has 1 aromatic rings. The zero-order valence-electron chi connectivity index (χ0n) is 10.9. The average molecular weight is 285 g/mol. The van der Waals surface area contributed by atoms with Crippen molar-refractivity contribution in [2.24, 2.45) is 0 Å². The van der Waals surface area contributed by atoms with Gasteiger partial charge in [-0.3, -0.25) is 4.79 Å². The van der Waals surface area contributed by atoms with Crippen molar-refractivity contribution in [2.75, 3.05) is 27.0 Å². The zero-order chi connectivity index (χ0) is 14.6. The summed E-state index contributed by atoms with van der Waals surface area (Å²) in [7, 11) is -0.473. The van der Waals surface area contributed by atoms with Crippen molar-refractivity contribution in [1.82, 2.24) is 4.90 Å². The summed E-state index contributed by atoms with van der Waals surface area (Å²) in [6.45, 7) is -0.427. The van der Waals surface area contributed by atoms with Gasteiger partial charge in [0.25, 0.3) is 5.91 Å². The number of benzene rings is 1. The summed E-state index contributed by atoms with van der Waals surface area (Å²) in [5, 5.41) is 0. The average Bonchev–Trinajstić information content (AvgIpc) is 2.34. The number of ether oxygens (including phenoxy) is 1. The van der Waals surface area contributed by atoms with Crippen LogP contribution in [0.4, 0.5) is 0 Å². The summed E-state index contributed by atoms with van der Waals surface area (Å²) < 4.78 is 27.8. The first kappa shape index (κ1) is 15.2. The minimum atomic E-state index is -3.53. The lowest BCUT2D eigenvalue weighted by Gasteiger charge is -2.11. The fourth-order valence-electron chi connectivity index (χ4n) is 1.29. The number of sulfone groups is 1. The van der Waals surface area contributed by atoms with Crippen LogP contribution in [0.1, 0.15) is 10.4 Å². The summed E-state index contributed by atoms with van der Waals surface area (Å²) >= 11 is 0. The van der Waals surface area contributed by atoms with Crippen molar-refractivity contribution >= 4 is 21.7 Å². The number of carbonyl (C=O) groups is 2. The molecule has 0 fully saturated rings. The molecule has 0 aliphatic rings. The van der Waals surface area contributed by atoms with Crippen LogP contribution in [0.15, 0.2) is 29.2 Å². The summed E-state index contributed by atoms with van der Waals surface area (Å²) in [6, 6.07) is 5.70. The molecule has 1 aromatic carbocycles. The first-order valence-electron chi connectivity index (χ1n) is 5.40. The minimum Gasteiger partial charge on any atom is -0.452 e. The lowest BCUT2D eigenvalue weighted by molar-refractivity contribution is -0.131. The number of hydrogen-bond donors (Lipinski definition) is 0. The zero-order valence-corrected chi connectivity index (χ0v) is 11.7. The van der Waals surface area contributed by atoms with Crippen LogP contribution in [-0.2, 0) is 19.4 Å². The number of rotatable bonds is 4. The third-order valence-corrected chi connectivity index (χ3v) is 3.49. The molecule has 0 radical (unpaired) electrons. The molecule has 0 N–H and O–H groups in total. The fourth-order valence-corrected chi connectivity index (χ4v) is 2.17. The van der Waals surface area contributed by atoms with Crippen LogP contribution in [0, 0.1) is 0 Å². The third kappa shape index (κ3) is 4.06. The van der Waals surface area contributed by atoms with Gasteiger partial charge in [0, 0.05) is 20.4 Å². The number of amides is 1. The molecule has 1 rings (SSSR count). The molecule has 0 saturated heterocycles. The Morgan fingerprint density at radius 3 is 2.32 bits per heavy atom. The van der Waals surface area contributed by atoms with Gasteiger partial charge in [-0.05, 0) is 12.1 Å². The van der Waals surface area contributed by atoms with E-state index in [0.29, 0.717) is 0 Å². The number of esters is 1. The first-order chi connectivity index (χ1) is 8.73. The molecular formula is C12H15NO5S. The van der Waals surface area contributed by atoms with Crippen LogP contribution in [-0.4, -0.2) is 52.2 Å². The van der Waals surface area contributed by atoms with Crippen LogP contribution < -0.4 is 0 Å². The molecule has 0 aliphatic heterocycles. The van der Waals surface area contributed by atoms with Crippen molar-refractivity contribution < 1.29 is 22.7 Å². The second-order valence-corrected chi connectivity index (χ2v) is 6.12. The topological polar surface area (TPSA) is 80.8 Å². The second kappa shape index (κ2) is 5.83. The SMILES string of the molecule is CN(C)C(=O)COC(=O)c1ccccc1S(C)(=O)=O. The van der Waals surface area contributed by atoms with Gasteiger partial charge in [0.05, 0.1) is 10.5 Å². The predicted octanol–water partition coefficient (Wildman–Crippen LogP) is 0.335. The Kier molecular flexibility index (Phi) is 4.66. The van der Waals surface area contributed by atoms with E-state index >= 15 is 0 Å². The van der Waals surface area contributed by atoms with Crippen LogP contribution in [0.5, 0.6) is 0 Å². The van der Waals surface area contributed by atoms with Gasteiger partial charge in [0.15, 0.2) is 16.4 Å². The quantitative estimate of drug-likeness (QED) is 0.745. The largest absolute Gasteiger partial charge is 0.452 e. The van der Waals surface area contributed by atoms with E-state index in [1.54, 1.807) is 0 Å².